The highest BCUT2D eigenvalue weighted by molar-refractivity contribution is 5.53. The maximum atomic E-state index is 10.8. The number of ether oxygens (including phenoxy) is 1. The molecule has 1 aliphatic carbocycles. The van der Waals surface area contributed by atoms with Gasteiger partial charge < -0.3 is 14.7 Å². The number of hydrogen-bond acceptors (Lipinski definition) is 4. The summed E-state index contributed by atoms with van der Waals surface area (Å²) in [6, 6.07) is 8.65. The zero-order valence-electron chi connectivity index (χ0n) is 14.3. The molecule has 0 bridgehead atoms. The number of likely N-dealkylation sites (N-methyl/N-ethyl adjacent to an activating group) is 1. The highest BCUT2D eigenvalue weighted by atomic mass is 16.5. The molecule has 0 amide bonds. The van der Waals surface area contributed by atoms with E-state index in [1.54, 1.807) is 0 Å². The van der Waals surface area contributed by atoms with Gasteiger partial charge in [0.15, 0.2) is 0 Å². The Kier molecular flexibility index (Phi) is 5.57. The van der Waals surface area contributed by atoms with Crippen molar-refractivity contribution >= 4 is 5.69 Å². The van der Waals surface area contributed by atoms with Gasteiger partial charge in [-0.25, -0.2) is 0 Å². The Morgan fingerprint density at radius 1 is 1.13 bits per heavy atom. The molecule has 3 rings (SSSR count). The Balaban J connectivity index is 1.64. The number of para-hydroxylation sites is 1. The van der Waals surface area contributed by atoms with Crippen LogP contribution in [0.4, 0.5) is 5.69 Å². The lowest BCUT2D eigenvalue weighted by Crippen LogP contribution is -2.43. The number of hydrogen-bond donors (Lipinski definition) is 1. The van der Waals surface area contributed by atoms with Gasteiger partial charge in [-0.05, 0) is 31.5 Å². The zero-order chi connectivity index (χ0) is 16.1. The summed E-state index contributed by atoms with van der Waals surface area (Å²) in [5, 5.41) is 10.8. The molecule has 2 fully saturated rings. The van der Waals surface area contributed by atoms with Gasteiger partial charge in [-0.15, -0.1) is 0 Å². The monoisotopic (exact) mass is 318 g/mol. The molecule has 4 nitrogen and oxygen atoms in total. The molecule has 1 aliphatic heterocycles. The summed E-state index contributed by atoms with van der Waals surface area (Å²) < 4.78 is 5.47. The number of morpholine rings is 1. The summed E-state index contributed by atoms with van der Waals surface area (Å²) in [4.78, 5) is 4.70. The summed E-state index contributed by atoms with van der Waals surface area (Å²) in [5.74, 6) is 0. The summed E-state index contributed by atoms with van der Waals surface area (Å²) in [7, 11) is 2.13. The third-order valence-corrected chi connectivity index (χ3v) is 5.13. The van der Waals surface area contributed by atoms with Crippen molar-refractivity contribution in [2.45, 2.75) is 44.2 Å². The van der Waals surface area contributed by atoms with Gasteiger partial charge in [0, 0.05) is 31.9 Å². The lowest BCUT2D eigenvalue weighted by molar-refractivity contribution is -0.0223. The molecule has 0 spiro atoms. The molecule has 0 atom stereocenters. The molecule has 0 unspecified atom stereocenters. The second kappa shape index (κ2) is 7.65. The Bertz CT molecular complexity index is 494. The number of anilines is 1. The molecule has 1 heterocycles. The van der Waals surface area contributed by atoms with Crippen molar-refractivity contribution in [2.24, 2.45) is 0 Å². The molecule has 128 valence electrons. The summed E-state index contributed by atoms with van der Waals surface area (Å²) in [5.41, 5.74) is 2.18. The molecular weight excluding hydrogens is 288 g/mol. The molecular formula is C19H30N2O2. The van der Waals surface area contributed by atoms with E-state index in [4.69, 9.17) is 4.74 Å². The Labute approximate surface area is 140 Å². The van der Waals surface area contributed by atoms with E-state index in [0.29, 0.717) is 0 Å². The molecule has 4 heteroatoms. The van der Waals surface area contributed by atoms with Crippen LogP contribution < -0.4 is 4.90 Å². The number of rotatable bonds is 5. The minimum Gasteiger partial charge on any atom is -0.389 e. The van der Waals surface area contributed by atoms with Crippen LogP contribution in [0.5, 0.6) is 0 Å². The maximum absolute atomic E-state index is 10.8. The van der Waals surface area contributed by atoms with Gasteiger partial charge in [-0.1, -0.05) is 37.5 Å². The van der Waals surface area contributed by atoms with Crippen LogP contribution >= 0.6 is 0 Å². The fourth-order valence-corrected chi connectivity index (χ4v) is 3.97. The van der Waals surface area contributed by atoms with E-state index in [9.17, 15) is 5.11 Å². The van der Waals surface area contributed by atoms with Gasteiger partial charge >= 0.3 is 0 Å². The van der Waals surface area contributed by atoms with Crippen molar-refractivity contribution in [2.75, 3.05) is 44.8 Å². The first-order chi connectivity index (χ1) is 11.2. The highest BCUT2D eigenvalue weighted by Gasteiger charge is 2.30. The molecule has 0 radical (unpaired) electrons. The van der Waals surface area contributed by atoms with Crippen LogP contribution in [-0.2, 0) is 11.3 Å². The summed E-state index contributed by atoms with van der Waals surface area (Å²) >= 11 is 0. The van der Waals surface area contributed by atoms with Crippen molar-refractivity contribution in [1.82, 2.24) is 4.90 Å². The first-order valence-corrected chi connectivity index (χ1v) is 8.98. The van der Waals surface area contributed by atoms with E-state index in [-0.39, 0.29) is 0 Å². The third kappa shape index (κ3) is 4.46. The Morgan fingerprint density at radius 3 is 2.57 bits per heavy atom. The van der Waals surface area contributed by atoms with Gasteiger partial charge in [0.25, 0.3) is 0 Å². The van der Waals surface area contributed by atoms with Gasteiger partial charge in [-0.3, -0.25) is 4.90 Å². The zero-order valence-corrected chi connectivity index (χ0v) is 14.3. The van der Waals surface area contributed by atoms with E-state index >= 15 is 0 Å². The Morgan fingerprint density at radius 2 is 1.83 bits per heavy atom. The quantitative estimate of drug-likeness (QED) is 0.905. The van der Waals surface area contributed by atoms with E-state index < -0.39 is 5.60 Å². The lowest BCUT2D eigenvalue weighted by Gasteiger charge is -2.36. The average molecular weight is 318 g/mol. The largest absolute Gasteiger partial charge is 0.389 e. The fraction of sp³-hybridized carbons (Fsp3) is 0.684. The van der Waals surface area contributed by atoms with Crippen molar-refractivity contribution in [3.8, 4) is 0 Å². The van der Waals surface area contributed by atoms with Crippen LogP contribution in [0.15, 0.2) is 24.3 Å². The maximum Gasteiger partial charge on any atom is 0.0774 e. The predicted molar refractivity (Wildman–Crippen MR) is 93.8 cm³/mol. The molecule has 2 aliphatic rings. The SMILES string of the molecule is CN(Cc1ccccc1N1CCOCC1)CC1(O)CCCCC1. The smallest absolute Gasteiger partial charge is 0.0774 e. The minimum atomic E-state index is -0.485. The molecule has 1 aromatic carbocycles. The molecule has 1 aromatic rings. The number of nitrogens with zero attached hydrogens (tertiary/aromatic N) is 2. The van der Waals surface area contributed by atoms with Crippen LogP contribution in [-0.4, -0.2) is 55.5 Å². The number of benzene rings is 1. The number of aliphatic hydroxyl groups is 1. The van der Waals surface area contributed by atoms with E-state index in [1.165, 1.54) is 17.7 Å². The molecule has 23 heavy (non-hydrogen) atoms. The standard InChI is InChI=1S/C19H30N2O2/c1-20(16-19(22)9-5-2-6-10-19)15-17-7-3-4-8-18(17)21-11-13-23-14-12-21/h3-4,7-8,22H,2,5-6,9-16H2,1H3. The van der Waals surface area contributed by atoms with Gasteiger partial charge in [0.2, 0.25) is 0 Å². The van der Waals surface area contributed by atoms with Gasteiger partial charge in [-0.2, -0.15) is 0 Å². The van der Waals surface area contributed by atoms with Gasteiger partial charge in [0.1, 0.15) is 0 Å². The van der Waals surface area contributed by atoms with Crippen LogP contribution in [0.3, 0.4) is 0 Å². The normalized spacial score (nSPS) is 21.6. The van der Waals surface area contributed by atoms with E-state index in [0.717, 1.165) is 65.1 Å². The van der Waals surface area contributed by atoms with E-state index in [2.05, 4.69) is 41.1 Å². The van der Waals surface area contributed by atoms with E-state index in [1.807, 2.05) is 0 Å². The third-order valence-electron chi connectivity index (χ3n) is 5.13. The molecule has 0 aromatic heterocycles. The second-order valence-corrected chi connectivity index (χ2v) is 7.19. The molecule has 1 saturated carbocycles. The topological polar surface area (TPSA) is 35.9 Å². The van der Waals surface area contributed by atoms with Crippen LogP contribution in [0.1, 0.15) is 37.7 Å². The van der Waals surface area contributed by atoms with Crippen molar-refractivity contribution in [3.05, 3.63) is 29.8 Å². The predicted octanol–water partition coefficient (Wildman–Crippen LogP) is 2.65. The minimum absolute atomic E-state index is 0.485. The van der Waals surface area contributed by atoms with Crippen molar-refractivity contribution < 1.29 is 9.84 Å². The molecule has 1 N–H and O–H groups in total. The van der Waals surface area contributed by atoms with Crippen LogP contribution in [0, 0.1) is 0 Å². The first kappa shape index (κ1) is 16.7. The van der Waals surface area contributed by atoms with Crippen molar-refractivity contribution in [1.29, 1.82) is 0 Å². The lowest BCUT2D eigenvalue weighted by atomic mass is 9.84. The van der Waals surface area contributed by atoms with Gasteiger partial charge in [0.05, 0.1) is 18.8 Å². The summed E-state index contributed by atoms with van der Waals surface area (Å²) in [6.07, 6.45) is 5.49. The van der Waals surface area contributed by atoms with Crippen LogP contribution in [0.25, 0.3) is 0 Å². The Hall–Kier alpha value is -1.10. The fourth-order valence-electron chi connectivity index (χ4n) is 3.97. The second-order valence-electron chi connectivity index (χ2n) is 7.19. The average Bonchev–Trinajstić information content (AvgIpc) is 2.56. The van der Waals surface area contributed by atoms with Crippen molar-refractivity contribution in [3.63, 3.8) is 0 Å². The summed E-state index contributed by atoms with van der Waals surface area (Å²) in [6.45, 7) is 5.20. The highest BCUT2D eigenvalue weighted by Crippen LogP contribution is 2.29. The molecule has 1 saturated heterocycles. The van der Waals surface area contributed by atoms with Crippen LogP contribution in [0.2, 0.25) is 0 Å². The first-order valence-electron chi connectivity index (χ1n) is 8.98.